The van der Waals surface area contributed by atoms with Crippen LogP contribution in [0.4, 0.5) is 4.79 Å². The van der Waals surface area contributed by atoms with E-state index >= 15 is 0 Å². The first kappa shape index (κ1) is 36.9. The molecule has 1 saturated heterocycles. The highest BCUT2D eigenvalue weighted by atomic mass is 35.5. The summed E-state index contributed by atoms with van der Waals surface area (Å²) in [6, 6.07) is 5.08. The first-order valence-corrected chi connectivity index (χ1v) is 17.7. The van der Waals surface area contributed by atoms with E-state index < -0.39 is 20.9 Å². The average Bonchev–Trinajstić information content (AvgIpc) is 3.24. The fourth-order valence-electron chi connectivity index (χ4n) is 5.53. The number of benzene rings is 1. The molecule has 1 aromatic heterocycles. The number of aromatic nitrogens is 1. The lowest BCUT2D eigenvalue weighted by Gasteiger charge is -2.41. The van der Waals surface area contributed by atoms with Crippen LogP contribution >= 0.6 is 11.6 Å². The first-order chi connectivity index (χ1) is 21.1. The van der Waals surface area contributed by atoms with Crippen LogP contribution in [0.3, 0.4) is 0 Å². The molecule has 0 aliphatic carbocycles. The van der Waals surface area contributed by atoms with Gasteiger partial charge in [-0.25, -0.2) is 17.9 Å². The predicted octanol–water partition coefficient (Wildman–Crippen LogP) is 5.68. The highest BCUT2D eigenvalue weighted by Gasteiger charge is 2.37. The maximum Gasteiger partial charge on any atom is 0.410 e. The van der Waals surface area contributed by atoms with Gasteiger partial charge in [0.2, 0.25) is 10.0 Å². The standard InChI is InChI=1S/C32H51ClN4O7S/c1-22(2)37(24-13-12-17-35(21-24)31(39)44-32(5,6)7)30(38)29-27(33)25-14-11-15-26(28(25)36(29)18-9-10-19-42-8)43-20-16-34-45(40,41)23(3)4/h11,14-15,22-24,34H,9-10,12-13,16-21H2,1-8H3/t24-/m1/s1. The van der Waals surface area contributed by atoms with Crippen LogP contribution in [0.25, 0.3) is 10.9 Å². The number of aryl methyl sites for hydroxylation is 1. The number of rotatable bonds is 14. The van der Waals surface area contributed by atoms with E-state index in [0.717, 1.165) is 25.7 Å². The molecule has 254 valence electrons. The number of amides is 2. The van der Waals surface area contributed by atoms with Crippen molar-refractivity contribution in [3.63, 3.8) is 0 Å². The zero-order valence-electron chi connectivity index (χ0n) is 28.0. The fourth-order valence-corrected chi connectivity index (χ4v) is 6.57. The monoisotopic (exact) mass is 670 g/mol. The second-order valence-corrected chi connectivity index (χ2v) is 15.7. The van der Waals surface area contributed by atoms with E-state index in [1.54, 1.807) is 31.9 Å². The summed E-state index contributed by atoms with van der Waals surface area (Å²) in [5.74, 6) is 0.290. The van der Waals surface area contributed by atoms with Gasteiger partial charge in [0.1, 0.15) is 23.7 Å². The number of hydrogen-bond donors (Lipinski definition) is 1. The van der Waals surface area contributed by atoms with Crippen molar-refractivity contribution in [1.82, 2.24) is 19.1 Å². The zero-order valence-corrected chi connectivity index (χ0v) is 29.6. The Morgan fingerprint density at radius 1 is 1.13 bits per heavy atom. The Balaban J connectivity index is 1.98. The summed E-state index contributed by atoms with van der Waals surface area (Å²) >= 11 is 7.04. The fraction of sp³-hybridized carbons (Fsp3) is 0.688. The Morgan fingerprint density at radius 3 is 2.47 bits per heavy atom. The minimum absolute atomic E-state index is 0.0987. The maximum absolute atomic E-state index is 14.6. The van der Waals surface area contributed by atoms with Crippen LogP contribution in [0.1, 0.15) is 84.6 Å². The largest absolute Gasteiger partial charge is 0.490 e. The number of nitrogens with one attached hydrogen (secondary N) is 1. The summed E-state index contributed by atoms with van der Waals surface area (Å²) in [4.78, 5) is 31.0. The average molecular weight is 671 g/mol. The Labute approximate surface area is 273 Å². The normalized spacial score (nSPS) is 16.1. The van der Waals surface area contributed by atoms with Crippen molar-refractivity contribution in [1.29, 1.82) is 0 Å². The van der Waals surface area contributed by atoms with Crippen LogP contribution in [0, 0.1) is 0 Å². The molecule has 0 radical (unpaired) electrons. The van der Waals surface area contributed by atoms with Crippen molar-refractivity contribution >= 4 is 44.5 Å². The molecule has 2 aromatic rings. The van der Waals surface area contributed by atoms with Gasteiger partial charge in [0.25, 0.3) is 5.91 Å². The number of carbonyl (C=O) groups excluding carboxylic acids is 2. The Kier molecular flexibility index (Phi) is 13.0. The molecule has 1 atom stereocenters. The molecular formula is C32H51ClN4O7S. The third-order valence-corrected chi connectivity index (χ3v) is 9.91. The van der Waals surface area contributed by atoms with Crippen molar-refractivity contribution in [2.24, 2.45) is 0 Å². The molecular weight excluding hydrogens is 620 g/mol. The van der Waals surface area contributed by atoms with E-state index in [1.165, 1.54) is 0 Å². The van der Waals surface area contributed by atoms with Gasteiger partial charge in [-0.05, 0) is 80.2 Å². The lowest BCUT2D eigenvalue weighted by Crippen LogP contribution is -2.54. The molecule has 11 nitrogen and oxygen atoms in total. The number of methoxy groups -OCH3 is 1. The third kappa shape index (κ3) is 9.49. The van der Waals surface area contributed by atoms with Crippen LogP contribution in [-0.2, 0) is 26.0 Å². The van der Waals surface area contributed by atoms with Gasteiger partial charge in [-0.3, -0.25) is 4.79 Å². The van der Waals surface area contributed by atoms with Gasteiger partial charge in [-0.1, -0.05) is 23.7 Å². The number of likely N-dealkylation sites (tertiary alicyclic amines) is 1. The number of carbonyl (C=O) groups is 2. The van der Waals surface area contributed by atoms with E-state index in [2.05, 4.69) is 4.72 Å². The number of piperidine rings is 1. The van der Waals surface area contributed by atoms with Crippen LogP contribution in [0.15, 0.2) is 18.2 Å². The lowest BCUT2D eigenvalue weighted by atomic mass is 10.0. The Bertz CT molecular complexity index is 1420. The summed E-state index contributed by atoms with van der Waals surface area (Å²) in [6.07, 6.45) is 2.62. The Hall–Kier alpha value is -2.54. The van der Waals surface area contributed by atoms with Crippen LogP contribution in [0.5, 0.6) is 5.75 Å². The van der Waals surface area contributed by atoms with Crippen molar-refractivity contribution < 1.29 is 32.2 Å². The minimum Gasteiger partial charge on any atom is -0.490 e. The van der Waals surface area contributed by atoms with Gasteiger partial charge < -0.3 is 28.6 Å². The molecule has 3 rings (SSSR count). The van der Waals surface area contributed by atoms with Gasteiger partial charge >= 0.3 is 6.09 Å². The van der Waals surface area contributed by atoms with Crippen molar-refractivity contribution in [2.45, 2.75) is 104 Å². The van der Waals surface area contributed by atoms with E-state index in [4.69, 9.17) is 25.8 Å². The van der Waals surface area contributed by atoms with Crippen LogP contribution in [0.2, 0.25) is 5.02 Å². The number of fused-ring (bicyclic) bond motifs is 1. The summed E-state index contributed by atoms with van der Waals surface area (Å²) in [5, 5.41) is 0.454. The van der Waals surface area contributed by atoms with Crippen LogP contribution < -0.4 is 9.46 Å². The third-order valence-electron chi connectivity index (χ3n) is 7.68. The highest BCUT2D eigenvalue weighted by Crippen LogP contribution is 2.38. The molecule has 1 N–H and O–H groups in total. The molecule has 45 heavy (non-hydrogen) atoms. The highest BCUT2D eigenvalue weighted by molar-refractivity contribution is 7.90. The number of unbranched alkanes of at least 4 members (excludes halogenated alkanes) is 1. The summed E-state index contributed by atoms with van der Waals surface area (Å²) in [5.41, 5.74) is 0.425. The van der Waals surface area contributed by atoms with Crippen molar-refractivity contribution in [2.75, 3.05) is 40.0 Å². The van der Waals surface area contributed by atoms with Gasteiger partial charge in [0, 0.05) is 51.3 Å². The molecule has 1 aliphatic rings. The second-order valence-electron chi connectivity index (χ2n) is 13.0. The van der Waals surface area contributed by atoms with E-state index in [0.29, 0.717) is 53.6 Å². The number of nitrogens with zero attached hydrogens (tertiary/aromatic N) is 3. The van der Waals surface area contributed by atoms with Gasteiger partial charge in [0.05, 0.1) is 21.8 Å². The number of ether oxygens (including phenoxy) is 3. The molecule has 2 heterocycles. The van der Waals surface area contributed by atoms with Gasteiger partial charge in [0.15, 0.2) is 0 Å². The number of sulfonamides is 1. The molecule has 13 heteroatoms. The maximum atomic E-state index is 14.6. The minimum atomic E-state index is -3.43. The smallest absolute Gasteiger partial charge is 0.410 e. The van der Waals surface area contributed by atoms with Crippen molar-refractivity contribution in [3.05, 3.63) is 28.9 Å². The van der Waals surface area contributed by atoms with E-state index in [-0.39, 0.29) is 37.2 Å². The van der Waals surface area contributed by atoms with E-state index in [9.17, 15) is 18.0 Å². The molecule has 0 spiro atoms. The van der Waals surface area contributed by atoms with Crippen molar-refractivity contribution in [3.8, 4) is 5.75 Å². The molecule has 2 amide bonds. The topological polar surface area (TPSA) is 119 Å². The predicted molar refractivity (Wildman–Crippen MR) is 178 cm³/mol. The molecule has 0 bridgehead atoms. The lowest BCUT2D eigenvalue weighted by molar-refractivity contribution is 0.00733. The zero-order chi connectivity index (χ0) is 33.5. The van der Waals surface area contributed by atoms with Gasteiger partial charge in [-0.15, -0.1) is 0 Å². The molecule has 0 unspecified atom stereocenters. The van der Waals surface area contributed by atoms with E-state index in [1.807, 2.05) is 56.2 Å². The number of halogens is 1. The molecule has 1 fully saturated rings. The summed E-state index contributed by atoms with van der Waals surface area (Å²) < 4.78 is 45.9. The molecule has 1 aliphatic heterocycles. The number of hydrogen-bond acceptors (Lipinski definition) is 7. The SMILES string of the molecule is COCCCCn1c(C(=O)N(C(C)C)[C@@H]2CCCN(C(=O)OC(C)(C)C)C2)c(Cl)c2cccc(OCCNS(=O)(=O)C(C)C)c21. The number of para-hydroxylation sites is 1. The van der Waals surface area contributed by atoms with Gasteiger partial charge in [-0.2, -0.15) is 0 Å². The quantitative estimate of drug-likeness (QED) is 0.257. The summed E-state index contributed by atoms with van der Waals surface area (Å²) in [6.45, 7) is 14.9. The Morgan fingerprint density at radius 2 is 1.84 bits per heavy atom. The molecule has 0 saturated carbocycles. The summed E-state index contributed by atoms with van der Waals surface area (Å²) in [7, 11) is -1.78. The first-order valence-electron chi connectivity index (χ1n) is 15.8. The second kappa shape index (κ2) is 15.8. The van der Waals surface area contributed by atoms with Crippen LogP contribution in [-0.4, -0.2) is 97.7 Å². The molecule has 1 aromatic carbocycles.